The standard InChI is InChI=1S/C10H14N2O/c1-13-12-8-7-11-10(12)9-5-3-2-4-6-9/h2-6,10-11H,7-8H2,1H3. The molecular weight excluding hydrogens is 164 g/mol. The van der Waals surface area contributed by atoms with Gasteiger partial charge in [0.2, 0.25) is 0 Å². The van der Waals surface area contributed by atoms with E-state index in [2.05, 4.69) is 17.4 Å². The summed E-state index contributed by atoms with van der Waals surface area (Å²) in [6.45, 7) is 1.92. The summed E-state index contributed by atoms with van der Waals surface area (Å²) in [7, 11) is 1.71. The van der Waals surface area contributed by atoms with Gasteiger partial charge in [0.25, 0.3) is 0 Å². The highest BCUT2D eigenvalue weighted by Crippen LogP contribution is 2.20. The highest BCUT2D eigenvalue weighted by Gasteiger charge is 2.24. The largest absolute Gasteiger partial charge is 0.300 e. The summed E-state index contributed by atoms with van der Waals surface area (Å²) < 4.78 is 0. The molecule has 0 bridgehead atoms. The molecule has 0 amide bonds. The molecule has 0 radical (unpaired) electrons. The highest BCUT2D eigenvalue weighted by molar-refractivity contribution is 5.18. The number of hydrogen-bond acceptors (Lipinski definition) is 3. The average Bonchev–Trinajstić information content (AvgIpc) is 2.67. The van der Waals surface area contributed by atoms with Crippen molar-refractivity contribution < 1.29 is 4.84 Å². The van der Waals surface area contributed by atoms with E-state index < -0.39 is 0 Å². The molecule has 0 saturated carbocycles. The predicted octanol–water partition coefficient (Wildman–Crippen LogP) is 1.15. The summed E-state index contributed by atoms with van der Waals surface area (Å²) in [5, 5.41) is 5.33. The van der Waals surface area contributed by atoms with Crippen LogP contribution in [0.1, 0.15) is 11.7 Å². The monoisotopic (exact) mass is 178 g/mol. The van der Waals surface area contributed by atoms with Crippen molar-refractivity contribution >= 4 is 0 Å². The van der Waals surface area contributed by atoms with Crippen LogP contribution in [0.3, 0.4) is 0 Å². The maximum Gasteiger partial charge on any atom is 0.110 e. The van der Waals surface area contributed by atoms with Gasteiger partial charge in [-0.15, -0.1) is 0 Å². The van der Waals surface area contributed by atoms with Gasteiger partial charge in [-0.1, -0.05) is 30.3 Å². The van der Waals surface area contributed by atoms with Gasteiger partial charge in [0.05, 0.1) is 7.11 Å². The Morgan fingerprint density at radius 3 is 2.85 bits per heavy atom. The third kappa shape index (κ3) is 1.72. The molecule has 1 heterocycles. The molecule has 1 atom stereocenters. The Balaban J connectivity index is 2.16. The van der Waals surface area contributed by atoms with Gasteiger partial charge >= 0.3 is 0 Å². The molecule has 0 aromatic heterocycles. The van der Waals surface area contributed by atoms with Crippen molar-refractivity contribution in [3.8, 4) is 0 Å². The van der Waals surface area contributed by atoms with E-state index in [1.54, 1.807) is 7.11 Å². The van der Waals surface area contributed by atoms with Gasteiger partial charge in [-0.3, -0.25) is 5.32 Å². The SMILES string of the molecule is CON1CCNC1c1ccccc1. The third-order valence-corrected chi connectivity index (χ3v) is 2.31. The number of nitrogens with zero attached hydrogens (tertiary/aromatic N) is 1. The first-order valence-electron chi connectivity index (χ1n) is 4.51. The second-order valence-corrected chi connectivity index (χ2v) is 3.09. The van der Waals surface area contributed by atoms with E-state index in [4.69, 9.17) is 4.84 Å². The lowest BCUT2D eigenvalue weighted by Crippen LogP contribution is -2.26. The molecule has 3 heteroatoms. The Labute approximate surface area is 78.3 Å². The smallest absolute Gasteiger partial charge is 0.110 e. The maximum atomic E-state index is 5.25. The fourth-order valence-electron chi connectivity index (χ4n) is 1.66. The fraction of sp³-hybridized carbons (Fsp3) is 0.400. The van der Waals surface area contributed by atoms with Crippen LogP contribution in [0.2, 0.25) is 0 Å². The van der Waals surface area contributed by atoms with E-state index in [0.717, 1.165) is 13.1 Å². The normalized spacial score (nSPS) is 23.6. The lowest BCUT2D eigenvalue weighted by molar-refractivity contribution is -0.145. The molecule has 3 nitrogen and oxygen atoms in total. The van der Waals surface area contributed by atoms with Crippen LogP contribution >= 0.6 is 0 Å². The van der Waals surface area contributed by atoms with Crippen LogP contribution in [0.4, 0.5) is 0 Å². The molecule has 0 aliphatic carbocycles. The van der Waals surface area contributed by atoms with Crippen molar-refractivity contribution in [1.82, 2.24) is 10.4 Å². The number of hydrogen-bond donors (Lipinski definition) is 1. The van der Waals surface area contributed by atoms with Crippen molar-refractivity contribution in [3.63, 3.8) is 0 Å². The van der Waals surface area contributed by atoms with Crippen LogP contribution in [0.25, 0.3) is 0 Å². The quantitative estimate of drug-likeness (QED) is 0.735. The van der Waals surface area contributed by atoms with Gasteiger partial charge in [0, 0.05) is 13.1 Å². The molecule has 1 aromatic rings. The summed E-state index contributed by atoms with van der Waals surface area (Å²) in [4.78, 5) is 5.25. The molecule has 1 aliphatic heterocycles. The third-order valence-electron chi connectivity index (χ3n) is 2.31. The Hall–Kier alpha value is -0.900. The van der Waals surface area contributed by atoms with E-state index >= 15 is 0 Å². The minimum Gasteiger partial charge on any atom is -0.300 e. The van der Waals surface area contributed by atoms with Crippen LogP contribution in [-0.4, -0.2) is 25.3 Å². The van der Waals surface area contributed by atoms with E-state index in [1.807, 2.05) is 23.3 Å². The minimum atomic E-state index is 0.214. The van der Waals surface area contributed by atoms with E-state index in [9.17, 15) is 0 Å². The Kier molecular flexibility index (Phi) is 2.59. The second-order valence-electron chi connectivity index (χ2n) is 3.09. The Morgan fingerprint density at radius 1 is 1.38 bits per heavy atom. The number of hydroxylamine groups is 2. The van der Waals surface area contributed by atoms with Crippen molar-refractivity contribution in [2.45, 2.75) is 6.17 Å². The first-order chi connectivity index (χ1) is 6.42. The van der Waals surface area contributed by atoms with Crippen LogP contribution in [0.5, 0.6) is 0 Å². The molecule has 13 heavy (non-hydrogen) atoms. The van der Waals surface area contributed by atoms with Gasteiger partial charge in [-0.25, -0.2) is 0 Å². The Bertz CT molecular complexity index is 263. The average molecular weight is 178 g/mol. The molecular formula is C10H14N2O. The number of nitrogens with one attached hydrogen (secondary N) is 1. The molecule has 2 rings (SSSR count). The fourth-order valence-corrected chi connectivity index (χ4v) is 1.66. The second kappa shape index (κ2) is 3.87. The lowest BCUT2D eigenvalue weighted by atomic mass is 10.2. The molecule has 1 aliphatic rings. The predicted molar refractivity (Wildman–Crippen MR) is 50.9 cm³/mol. The van der Waals surface area contributed by atoms with Crippen LogP contribution < -0.4 is 5.32 Å². The van der Waals surface area contributed by atoms with Crippen molar-refractivity contribution in [2.75, 3.05) is 20.2 Å². The highest BCUT2D eigenvalue weighted by atomic mass is 16.7. The summed E-state index contributed by atoms with van der Waals surface area (Å²) in [5.41, 5.74) is 1.25. The topological polar surface area (TPSA) is 24.5 Å². The lowest BCUT2D eigenvalue weighted by Gasteiger charge is -2.21. The summed E-state index contributed by atoms with van der Waals surface area (Å²) >= 11 is 0. The minimum absolute atomic E-state index is 0.214. The van der Waals surface area contributed by atoms with Gasteiger partial charge in [-0.05, 0) is 5.56 Å². The van der Waals surface area contributed by atoms with Crippen molar-refractivity contribution in [1.29, 1.82) is 0 Å². The Morgan fingerprint density at radius 2 is 2.15 bits per heavy atom. The van der Waals surface area contributed by atoms with Gasteiger partial charge in [-0.2, -0.15) is 5.06 Å². The van der Waals surface area contributed by atoms with E-state index in [1.165, 1.54) is 5.56 Å². The zero-order chi connectivity index (χ0) is 9.10. The van der Waals surface area contributed by atoms with Gasteiger partial charge < -0.3 is 4.84 Å². The maximum absolute atomic E-state index is 5.25. The van der Waals surface area contributed by atoms with E-state index in [-0.39, 0.29) is 6.17 Å². The van der Waals surface area contributed by atoms with Crippen LogP contribution in [0.15, 0.2) is 30.3 Å². The molecule has 1 N–H and O–H groups in total. The summed E-state index contributed by atoms with van der Waals surface area (Å²) in [6, 6.07) is 10.3. The van der Waals surface area contributed by atoms with Gasteiger partial charge in [0.1, 0.15) is 6.17 Å². The van der Waals surface area contributed by atoms with Crippen molar-refractivity contribution in [2.24, 2.45) is 0 Å². The molecule has 1 fully saturated rings. The number of benzene rings is 1. The van der Waals surface area contributed by atoms with Crippen molar-refractivity contribution in [3.05, 3.63) is 35.9 Å². The van der Waals surface area contributed by atoms with Crippen LogP contribution in [0, 0.1) is 0 Å². The van der Waals surface area contributed by atoms with E-state index in [0.29, 0.717) is 0 Å². The van der Waals surface area contributed by atoms with Gasteiger partial charge in [0.15, 0.2) is 0 Å². The molecule has 1 aromatic carbocycles. The number of rotatable bonds is 2. The zero-order valence-corrected chi connectivity index (χ0v) is 7.73. The summed E-state index contributed by atoms with van der Waals surface area (Å²) in [6.07, 6.45) is 0.214. The molecule has 1 saturated heterocycles. The summed E-state index contributed by atoms with van der Waals surface area (Å²) in [5.74, 6) is 0. The van der Waals surface area contributed by atoms with Crippen LogP contribution in [-0.2, 0) is 4.84 Å². The zero-order valence-electron chi connectivity index (χ0n) is 7.73. The first kappa shape index (κ1) is 8.69. The first-order valence-corrected chi connectivity index (χ1v) is 4.51. The molecule has 70 valence electrons. The molecule has 1 unspecified atom stereocenters. The molecule has 0 spiro atoms.